The third-order valence-corrected chi connectivity index (χ3v) is 8.35. The molecule has 1 aliphatic rings. The molecule has 2 heterocycles. The number of hydrogen-bond donors (Lipinski definition) is 0. The zero-order valence-electron chi connectivity index (χ0n) is 22.8. The van der Waals surface area contributed by atoms with Gasteiger partial charge in [0.25, 0.3) is 5.56 Å². The SMILES string of the molecule is CCOC(=O)C1=C(C)N=c2s/c(=C\c3cc(Br)cc(OC)c3OCc3ccc(F)cc3)c(=O)n2[C@@H]1c1ccccc1Cl. The topological polar surface area (TPSA) is 79.1 Å². The Kier molecular flexibility index (Phi) is 8.96. The normalized spacial score (nSPS) is 14.8. The van der Waals surface area contributed by atoms with Crippen molar-refractivity contribution >= 4 is 50.9 Å². The second kappa shape index (κ2) is 12.6. The van der Waals surface area contributed by atoms with Crippen LogP contribution in [0.5, 0.6) is 11.5 Å². The van der Waals surface area contributed by atoms with E-state index in [9.17, 15) is 14.0 Å². The molecule has 0 saturated carbocycles. The molecule has 1 aliphatic heterocycles. The van der Waals surface area contributed by atoms with Crippen LogP contribution in [0, 0.1) is 5.82 Å². The lowest BCUT2D eigenvalue weighted by Gasteiger charge is -2.25. The van der Waals surface area contributed by atoms with Gasteiger partial charge < -0.3 is 14.2 Å². The molecular formula is C31H25BrClFN2O5S. The summed E-state index contributed by atoms with van der Waals surface area (Å²) in [4.78, 5) is 32.2. The number of thiazole rings is 1. The van der Waals surface area contributed by atoms with Crippen molar-refractivity contribution in [3.63, 3.8) is 0 Å². The molecule has 11 heteroatoms. The number of fused-ring (bicyclic) bond motifs is 1. The summed E-state index contributed by atoms with van der Waals surface area (Å²) in [7, 11) is 1.52. The van der Waals surface area contributed by atoms with E-state index < -0.39 is 12.0 Å². The van der Waals surface area contributed by atoms with Crippen LogP contribution in [-0.2, 0) is 16.1 Å². The standard InChI is InChI=1S/C31H25BrClFN2O5S/c1-4-40-30(38)26-17(2)35-31-36(27(26)22-7-5-6-8-23(22)33)29(37)25(42-31)14-19-13-20(32)15-24(39-3)28(19)41-16-18-9-11-21(34)12-10-18/h5-15,27H,4,16H2,1-3H3/b25-14-/t27-/m1/s1. The predicted molar refractivity (Wildman–Crippen MR) is 163 cm³/mol. The molecule has 3 aromatic carbocycles. The van der Waals surface area contributed by atoms with Crippen LogP contribution >= 0.6 is 38.9 Å². The second-order valence-corrected chi connectivity index (χ2v) is 11.6. The molecule has 1 atom stereocenters. The quantitative estimate of drug-likeness (QED) is 0.217. The van der Waals surface area contributed by atoms with Gasteiger partial charge in [0.2, 0.25) is 0 Å². The molecule has 1 aromatic heterocycles. The van der Waals surface area contributed by atoms with Gasteiger partial charge in [-0.1, -0.05) is 69.2 Å². The van der Waals surface area contributed by atoms with E-state index in [-0.39, 0.29) is 30.2 Å². The summed E-state index contributed by atoms with van der Waals surface area (Å²) in [5.74, 6) is -0.0551. The van der Waals surface area contributed by atoms with Crippen molar-refractivity contribution in [3.05, 3.63) is 124 Å². The van der Waals surface area contributed by atoms with Crippen molar-refractivity contribution in [3.8, 4) is 11.5 Å². The highest BCUT2D eigenvalue weighted by Gasteiger charge is 2.34. The minimum absolute atomic E-state index is 0.148. The first-order valence-corrected chi connectivity index (χ1v) is 14.9. The highest BCUT2D eigenvalue weighted by molar-refractivity contribution is 9.10. The van der Waals surface area contributed by atoms with Crippen LogP contribution in [0.4, 0.5) is 4.39 Å². The maximum absolute atomic E-state index is 14.1. The van der Waals surface area contributed by atoms with Gasteiger partial charge in [-0.05, 0) is 61.4 Å². The molecule has 0 amide bonds. The van der Waals surface area contributed by atoms with Crippen LogP contribution in [0.15, 0.2) is 86.2 Å². The molecule has 5 rings (SSSR count). The average molecular weight is 672 g/mol. The molecule has 0 unspecified atom stereocenters. The lowest BCUT2D eigenvalue weighted by atomic mass is 9.96. The molecule has 0 aliphatic carbocycles. The van der Waals surface area contributed by atoms with Crippen LogP contribution in [-0.4, -0.2) is 24.3 Å². The molecule has 0 radical (unpaired) electrons. The van der Waals surface area contributed by atoms with Crippen molar-refractivity contribution in [1.82, 2.24) is 4.57 Å². The average Bonchev–Trinajstić information content (AvgIpc) is 3.26. The smallest absolute Gasteiger partial charge is 0.338 e. The van der Waals surface area contributed by atoms with Gasteiger partial charge in [-0.15, -0.1) is 0 Å². The highest BCUT2D eigenvalue weighted by atomic mass is 79.9. The third-order valence-electron chi connectivity index (χ3n) is 6.57. The molecule has 0 bridgehead atoms. The van der Waals surface area contributed by atoms with Crippen molar-refractivity contribution in [2.75, 3.05) is 13.7 Å². The molecule has 7 nitrogen and oxygen atoms in total. The van der Waals surface area contributed by atoms with E-state index in [0.29, 0.717) is 47.2 Å². The molecule has 42 heavy (non-hydrogen) atoms. The Morgan fingerprint density at radius 1 is 1.19 bits per heavy atom. The molecule has 0 spiro atoms. The summed E-state index contributed by atoms with van der Waals surface area (Å²) in [5, 5.41) is 0.404. The number of rotatable bonds is 8. The Balaban J connectivity index is 1.67. The molecule has 216 valence electrons. The second-order valence-electron chi connectivity index (χ2n) is 9.27. The summed E-state index contributed by atoms with van der Waals surface area (Å²) in [6.07, 6.45) is 1.70. The lowest BCUT2D eigenvalue weighted by molar-refractivity contribution is -0.139. The van der Waals surface area contributed by atoms with Crippen molar-refractivity contribution in [2.24, 2.45) is 4.99 Å². The first-order chi connectivity index (χ1) is 20.2. The number of ether oxygens (including phenoxy) is 3. The number of esters is 1. The fraction of sp³-hybridized carbons (Fsp3) is 0.194. The van der Waals surface area contributed by atoms with Crippen LogP contribution in [0.25, 0.3) is 6.08 Å². The van der Waals surface area contributed by atoms with E-state index in [2.05, 4.69) is 20.9 Å². The molecule has 4 aromatic rings. The zero-order chi connectivity index (χ0) is 30.0. The van der Waals surface area contributed by atoms with Gasteiger partial charge in [-0.25, -0.2) is 14.2 Å². The van der Waals surface area contributed by atoms with E-state index in [1.807, 2.05) is 6.07 Å². The van der Waals surface area contributed by atoms with Gasteiger partial charge in [-0.2, -0.15) is 0 Å². The largest absolute Gasteiger partial charge is 0.493 e. The van der Waals surface area contributed by atoms with Crippen LogP contribution < -0.4 is 24.4 Å². The highest BCUT2D eigenvalue weighted by Crippen LogP contribution is 2.37. The number of aromatic nitrogens is 1. The Morgan fingerprint density at radius 2 is 1.93 bits per heavy atom. The number of benzene rings is 3. The first-order valence-electron chi connectivity index (χ1n) is 12.9. The van der Waals surface area contributed by atoms with Gasteiger partial charge in [0.15, 0.2) is 16.3 Å². The van der Waals surface area contributed by atoms with Gasteiger partial charge in [0, 0.05) is 15.1 Å². The van der Waals surface area contributed by atoms with Crippen molar-refractivity contribution in [1.29, 1.82) is 0 Å². The van der Waals surface area contributed by atoms with E-state index in [1.54, 1.807) is 62.4 Å². The zero-order valence-corrected chi connectivity index (χ0v) is 26.0. The maximum Gasteiger partial charge on any atom is 0.338 e. The van der Waals surface area contributed by atoms with Crippen LogP contribution in [0.2, 0.25) is 5.02 Å². The predicted octanol–water partition coefficient (Wildman–Crippen LogP) is 5.94. The Labute approximate surface area is 258 Å². The summed E-state index contributed by atoms with van der Waals surface area (Å²) >= 11 is 11.3. The number of allylic oxidation sites excluding steroid dienone is 1. The fourth-order valence-electron chi connectivity index (χ4n) is 4.66. The molecule has 0 fully saturated rings. The number of halogens is 3. The lowest BCUT2D eigenvalue weighted by Crippen LogP contribution is -2.40. The number of carbonyl (C=O) groups excluding carboxylic acids is 1. The monoisotopic (exact) mass is 670 g/mol. The van der Waals surface area contributed by atoms with Gasteiger partial charge in [0.1, 0.15) is 18.5 Å². The number of methoxy groups -OCH3 is 1. The van der Waals surface area contributed by atoms with E-state index >= 15 is 0 Å². The molecule has 0 N–H and O–H groups in total. The van der Waals surface area contributed by atoms with Crippen LogP contribution in [0.3, 0.4) is 0 Å². The minimum Gasteiger partial charge on any atom is -0.493 e. The van der Waals surface area contributed by atoms with Gasteiger partial charge >= 0.3 is 5.97 Å². The summed E-state index contributed by atoms with van der Waals surface area (Å²) in [6.45, 7) is 3.75. The van der Waals surface area contributed by atoms with E-state index in [4.69, 9.17) is 25.8 Å². The van der Waals surface area contributed by atoms with Gasteiger partial charge in [0.05, 0.1) is 29.5 Å². The Hall–Kier alpha value is -3.73. The van der Waals surface area contributed by atoms with Gasteiger partial charge in [-0.3, -0.25) is 9.36 Å². The number of carbonyl (C=O) groups is 1. The summed E-state index contributed by atoms with van der Waals surface area (Å²) < 4.78 is 33.0. The summed E-state index contributed by atoms with van der Waals surface area (Å²) in [5.41, 5.74) is 2.24. The molecular weight excluding hydrogens is 647 g/mol. The Bertz CT molecular complexity index is 1880. The van der Waals surface area contributed by atoms with Crippen LogP contribution in [0.1, 0.15) is 36.6 Å². The molecule has 0 saturated heterocycles. The Morgan fingerprint density at radius 3 is 2.62 bits per heavy atom. The van der Waals surface area contributed by atoms with E-state index in [1.165, 1.54) is 35.1 Å². The first kappa shape index (κ1) is 29.8. The number of hydrogen-bond acceptors (Lipinski definition) is 7. The number of nitrogens with zero attached hydrogens (tertiary/aromatic N) is 2. The third kappa shape index (κ3) is 5.92. The fourth-order valence-corrected chi connectivity index (χ4v) is 6.39. The van der Waals surface area contributed by atoms with Crippen molar-refractivity contribution < 1.29 is 23.4 Å². The summed E-state index contributed by atoms with van der Waals surface area (Å²) in [6, 6.07) is 15.8. The minimum atomic E-state index is -0.831. The maximum atomic E-state index is 14.1. The van der Waals surface area contributed by atoms with E-state index in [0.717, 1.165) is 5.56 Å². The van der Waals surface area contributed by atoms with Crippen molar-refractivity contribution in [2.45, 2.75) is 26.5 Å².